The van der Waals surface area contributed by atoms with Crippen LogP contribution in [0.15, 0.2) is 18.2 Å². The van der Waals surface area contributed by atoms with Gasteiger partial charge in [0.15, 0.2) is 0 Å². The fourth-order valence-corrected chi connectivity index (χ4v) is 2.56. The maximum absolute atomic E-state index is 13.4. The summed E-state index contributed by atoms with van der Waals surface area (Å²) in [5.74, 6) is -1.68. The Labute approximate surface area is 119 Å². The highest BCUT2D eigenvalue weighted by molar-refractivity contribution is 5.94. The second-order valence-corrected chi connectivity index (χ2v) is 5.11. The molecule has 2 rings (SSSR count). The molecule has 1 saturated heterocycles. The highest BCUT2D eigenvalue weighted by Gasteiger charge is 2.33. The van der Waals surface area contributed by atoms with Crippen LogP contribution >= 0.6 is 0 Å². The van der Waals surface area contributed by atoms with Crippen molar-refractivity contribution in [1.29, 1.82) is 0 Å². The minimum Gasteiger partial charge on any atom is -0.334 e. The van der Waals surface area contributed by atoms with E-state index in [1.807, 2.05) is 0 Å². The summed E-state index contributed by atoms with van der Waals surface area (Å²) in [5, 5.41) is 0. The first kappa shape index (κ1) is 15.8. The van der Waals surface area contributed by atoms with Gasteiger partial charge in [-0.05, 0) is 37.5 Å². The van der Waals surface area contributed by atoms with Gasteiger partial charge >= 0.3 is 6.18 Å². The Morgan fingerprint density at radius 2 is 2.00 bits per heavy atom. The molecule has 7 heteroatoms. The van der Waals surface area contributed by atoms with E-state index in [4.69, 9.17) is 5.73 Å². The number of nitrogens with zero attached hydrogens (tertiary/aromatic N) is 1. The fourth-order valence-electron chi connectivity index (χ4n) is 2.56. The summed E-state index contributed by atoms with van der Waals surface area (Å²) in [6.45, 7) is 0.672. The minimum atomic E-state index is -4.69. The maximum atomic E-state index is 13.4. The molecule has 116 valence electrons. The van der Waals surface area contributed by atoms with Gasteiger partial charge in [0.05, 0.1) is 5.56 Å². The second-order valence-electron chi connectivity index (χ2n) is 5.11. The van der Waals surface area contributed by atoms with Gasteiger partial charge < -0.3 is 10.6 Å². The average molecular weight is 304 g/mol. The van der Waals surface area contributed by atoms with Gasteiger partial charge in [0.1, 0.15) is 5.82 Å². The molecule has 21 heavy (non-hydrogen) atoms. The van der Waals surface area contributed by atoms with Gasteiger partial charge in [-0.15, -0.1) is 0 Å². The first-order valence-electron chi connectivity index (χ1n) is 6.71. The number of carbonyl (C=O) groups is 1. The number of nitrogens with two attached hydrogens (primary N) is 1. The summed E-state index contributed by atoms with van der Waals surface area (Å²) in [6.07, 6.45) is -2.29. The van der Waals surface area contributed by atoms with E-state index in [-0.39, 0.29) is 18.2 Å². The van der Waals surface area contributed by atoms with Crippen LogP contribution in [-0.4, -0.2) is 29.9 Å². The molecule has 0 saturated carbocycles. The SMILES string of the molecule is NC[C@@H]1CCCCN1C(=O)c1cc(F)cc(C(F)(F)F)c1. The Morgan fingerprint density at radius 3 is 2.62 bits per heavy atom. The van der Waals surface area contributed by atoms with Crippen LogP contribution in [0.25, 0.3) is 0 Å². The Bertz CT molecular complexity index is 530. The fraction of sp³-hybridized carbons (Fsp3) is 0.500. The van der Waals surface area contributed by atoms with Gasteiger partial charge in [-0.25, -0.2) is 4.39 Å². The number of carbonyl (C=O) groups excluding carboxylic acids is 1. The van der Waals surface area contributed by atoms with E-state index >= 15 is 0 Å². The second kappa shape index (κ2) is 6.01. The van der Waals surface area contributed by atoms with Crippen molar-refractivity contribution in [3.63, 3.8) is 0 Å². The predicted molar refractivity (Wildman–Crippen MR) is 69.1 cm³/mol. The molecule has 1 aromatic carbocycles. The van der Waals surface area contributed by atoms with Crippen LogP contribution in [-0.2, 0) is 6.18 Å². The van der Waals surface area contributed by atoms with Crippen molar-refractivity contribution in [2.45, 2.75) is 31.5 Å². The normalized spacial score (nSPS) is 19.7. The summed E-state index contributed by atoms with van der Waals surface area (Å²) in [5.41, 5.74) is 4.14. The molecule has 0 aromatic heterocycles. The number of alkyl halides is 3. The number of amides is 1. The molecule has 1 aliphatic heterocycles. The smallest absolute Gasteiger partial charge is 0.334 e. The lowest BCUT2D eigenvalue weighted by Crippen LogP contribution is -2.47. The quantitative estimate of drug-likeness (QED) is 0.854. The van der Waals surface area contributed by atoms with Gasteiger partial charge in [-0.3, -0.25) is 4.79 Å². The molecular weight excluding hydrogens is 288 g/mol. The van der Waals surface area contributed by atoms with Crippen molar-refractivity contribution in [1.82, 2.24) is 4.90 Å². The molecule has 0 spiro atoms. The van der Waals surface area contributed by atoms with E-state index in [1.165, 1.54) is 4.90 Å². The number of benzene rings is 1. The van der Waals surface area contributed by atoms with Crippen molar-refractivity contribution in [2.75, 3.05) is 13.1 Å². The largest absolute Gasteiger partial charge is 0.416 e. The van der Waals surface area contributed by atoms with E-state index in [2.05, 4.69) is 0 Å². The van der Waals surface area contributed by atoms with Crippen LogP contribution in [0.4, 0.5) is 17.6 Å². The number of piperidine rings is 1. The number of hydrogen-bond donors (Lipinski definition) is 1. The number of halogens is 4. The van der Waals surface area contributed by atoms with Crippen LogP contribution < -0.4 is 5.73 Å². The van der Waals surface area contributed by atoms with Crippen molar-refractivity contribution in [2.24, 2.45) is 5.73 Å². The van der Waals surface area contributed by atoms with Gasteiger partial charge in [-0.2, -0.15) is 13.2 Å². The summed E-state index contributed by atoms with van der Waals surface area (Å²) in [7, 11) is 0. The monoisotopic (exact) mass is 304 g/mol. The average Bonchev–Trinajstić information content (AvgIpc) is 2.45. The standard InChI is InChI=1S/C14H16F4N2O/c15-11-6-9(5-10(7-11)14(16,17)18)13(21)20-4-2-1-3-12(20)8-19/h5-7,12H,1-4,8,19H2/t12-/m0/s1. The van der Waals surface area contributed by atoms with Crippen LogP contribution in [0.1, 0.15) is 35.2 Å². The molecule has 1 heterocycles. The predicted octanol–water partition coefficient (Wildman–Crippen LogP) is 2.80. The lowest BCUT2D eigenvalue weighted by atomic mass is 10.00. The minimum absolute atomic E-state index is 0.205. The Kier molecular flexibility index (Phi) is 4.51. The van der Waals surface area contributed by atoms with Gasteiger partial charge in [-0.1, -0.05) is 0 Å². The van der Waals surface area contributed by atoms with Crippen molar-refractivity contribution in [3.05, 3.63) is 35.1 Å². The molecule has 0 aliphatic carbocycles. The van der Waals surface area contributed by atoms with Crippen molar-refractivity contribution in [3.8, 4) is 0 Å². The van der Waals surface area contributed by atoms with E-state index in [9.17, 15) is 22.4 Å². The van der Waals surface area contributed by atoms with E-state index in [0.717, 1.165) is 18.9 Å². The molecule has 1 amide bonds. The highest BCUT2D eigenvalue weighted by Crippen LogP contribution is 2.31. The topological polar surface area (TPSA) is 46.3 Å². The molecule has 1 fully saturated rings. The summed E-state index contributed by atoms with van der Waals surface area (Å²) in [4.78, 5) is 13.8. The lowest BCUT2D eigenvalue weighted by Gasteiger charge is -2.35. The lowest BCUT2D eigenvalue weighted by molar-refractivity contribution is -0.137. The molecule has 0 radical (unpaired) electrons. The third-order valence-electron chi connectivity index (χ3n) is 3.63. The van der Waals surface area contributed by atoms with E-state index in [1.54, 1.807) is 0 Å². The van der Waals surface area contributed by atoms with Crippen molar-refractivity contribution < 1.29 is 22.4 Å². The van der Waals surface area contributed by atoms with Crippen LogP contribution in [0.3, 0.4) is 0 Å². The van der Waals surface area contributed by atoms with Gasteiger partial charge in [0.2, 0.25) is 0 Å². The molecule has 1 aromatic rings. The summed E-state index contributed by atoms with van der Waals surface area (Å²) < 4.78 is 51.4. The highest BCUT2D eigenvalue weighted by atomic mass is 19.4. The Balaban J connectivity index is 2.32. The zero-order chi connectivity index (χ0) is 15.6. The molecule has 1 aliphatic rings. The van der Waals surface area contributed by atoms with Crippen LogP contribution in [0, 0.1) is 5.82 Å². The van der Waals surface area contributed by atoms with Gasteiger partial charge in [0, 0.05) is 24.7 Å². The molecular formula is C14H16F4N2O. The van der Waals surface area contributed by atoms with Crippen LogP contribution in [0.5, 0.6) is 0 Å². The third-order valence-corrected chi connectivity index (χ3v) is 3.63. The summed E-state index contributed by atoms with van der Waals surface area (Å²) in [6, 6.07) is 1.70. The summed E-state index contributed by atoms with van der Waals surface area (Å²) >= 11 is 0. The van der Waals surface area contributed by atoms with Crippen LogP contribution in [0.2, 0.25) is 0 Å². The Hall–Kier alpha value is -1.63. The van der Waals surface area contributed by atoms with Crippen molar-refractivity contribution >= 4 is 5.91 Å². The Morgan fingerprint density at radius 1 is 1.29 bits per heavy atom. The molecule has 0 bridgehead atoms. The third kappa shape index (κ3) is 3.53. The first-order valence-corrected chi connectivity index (χ1v) is 6.71. The number of rotatable bonds is 2. The van der Waals surface area contributed by atoms with Gasteiger partial charge in [0.25, 0.3) is 5.91 Å². The molecule has 1 atom stereocenters. The molecule has 3 nitrogen and oxygen atoms in total. The molecule has 2 N–H and O–H groups in total. The first-order chi connectivity index (χ1) is 9.82. The number of likely N-dealkylation sites (tertiary alicyclic amines) is 1. The zero-order valence-corrected chi connectivity index (χ0v) is 11.3. The van der Waals surface area contributed by atoms with E-state index < -0.39 is 23.5 Å². The number of hydrogen-bond acceptors (Lipinski definition) is 2. The zero-order valence-electron chi connectivity index (χ0n) is 11.3. The van der Waals surface area contributed by atoms with E-state index in [0.29, 0.717) is 25.1 Å². The molecule has 0 unspecified atom stereocenters. The maximum Gasteiger partial charge on any atom is 0.416 e.